The van der Waals surface area contributed by atoms with E-state index in [0.29, 0.717) is 9.13 Å². The summed E-state index contributed by atoms with van der Waals surface area (Å²) < 4.78 is 24.6. The highest BCUT2D eigenvalue weighted by Gasteiger charge is 2.17. The predicted molar refractivity (Wildman–Crippen MR) is 112 cm³/mol. The first-order valence-electron chi connectivity index (χ1n) is 8.09. The summed E-state index contributed by atoms with van der Waals surface area (Å²) in [6.07, 6.45) is 1.22. The molecule has 0 bridgehead atoms. The molecule has 0 aliphatic rings. The number of nitro benzene ring substituents is 1. The van der Waals surface area contributed by atoms with E-state index >= 15 is 0 Å². The van der Waals surface area contributed by atoms with Crippen molar-refractivity contribution in [1.29, 1.82) is 5.26 Å². The number of amides is 1. The highest BCUT2D eigenvalue weighted by atomic mass is 127. The lowest BCUT2D eigenvalue weighted by molar-refractivity contribution is -0.384. The molecule has 0 spiro atoms. The van der Waals surface area contributed by atoms with Crippen molar-refractivity contribution in [3.8, 4) is 17.6 Å². The molecule has 2 aromatic rings. The van der Waals surface area contributed by atoms with E-state index in [1.807, 2.05) is 22.6 Å². The average Bonchev–Trinajstić information content (AvgIpc) is 2.68. The fourth-order valence-corrected chi connectivity index (χ4v) is 3.03. The number of hydrogen-bond acceptors (Lipinski definition) is 7. The lowest BCUT2D eigenvalue weighted by Gasteiger charge is -2.11. The van der Waals surface area contributed by atoms with E-state index in [-0.39, 0.29) is 17.1 Å². The summed E-state index contributed by atoms with van der Waals surface area (Å²) in [4.78, 5) is 33.7. The van der Waals surface area contributed by atoms with Crippen LogP contribution in [0.5, 0.6) is 11.5 Å². The molecule has 0 heterocycles. The van der Waals surface area contributed by atoms with Gasteiger partial charge < -0.3 is 14.8 Å². The largest absolute Gasteiger partial charge is 0.493 e. The summed E-state index contributed by atoms with van der Waals surface area (Å²) in [6.45, 7) is 1.23. The first kappa shape index (κ1) is 22.8. The molecule has 0 radical (unpaired) electrons. The second-order valence-electron chi connectivity index (χ2n) is 5.67. The van der Waals surface area contributed by atoms with Crippen molar-refractivity contribution in [3.63, 3.8) is 0 Å². The number of carbonyl (C=O) groups excluding carboxylic acids is 2. The number of nitro groups is 1. The molecule has 1 N–H and O–H groups in total. The van der Waals surface area contributed by atoms with Crippen LogP contribution in [0.15, 0.2) is 35.9 Å². The van der Waals surface area contributed by atoms with E-state index in [1.54, 1.807) is 12.1 Å². The van der Waals surface area contributed by atoms with E-state index in [1.165, 1.54) is 26.2 Å². The Bertz CT molecular complexity index is 1110. The van der Waals surface area contributed by atoms with Gasteiger partial charge in [0, 0.05) is 19.1 Å². The molecule has 0 aromatic heterocycles. The molecule has 0 aliphatic carbocycles. The number of carbonyl (C=O) groups is 2. The third kappa shape index (κ3) is 5.51. The number of non-ortho nitro benzene ring substituents is 1. The summed E-state index contributed by atoms with van der Waals surface area (Å²) in [5.74, 6) is -2.02. The number of halogens is 2. The predicted octanol–water partition coefficient (Wildman–Crippen LogP) is 3.82. The molecule has 154 valence electrons. The van der Waals surface area contributed by atoms with Crippen molar-refractivity contribution in [2.24, 2.45) is 0 Å². The molecule has 30 heavy (non-hydrogen) atoms. The zero-order valence-electron chi connectivity index (χ0n) is 15.6. The summed E-state index contributed by atoms with van der Waals surface area (Å²) in [6, 6.07) is 7.32. The first-order chi connectivity index (χ1) is 14.2. The Morgan fingerprint density at radius 1 is 1.33 bits per heavy atom. The van der Waals surface area contributed by atoms with Crippen LogP contribution >= 0.6 is 22.6 Å². The molecular weight excluding hydrogens is 512 g/mol. The normalized spacial score (nSPS) is 10.7. The van der Waals surface area contributed by atoms with Gasteiger partial charge in [-0.25, -0.2) is 4.39 Å². The van der Waals surface area contributed by atoms with Crippen LogP contribution in [0.1, 0.15) is 12.5 Å². The molecule has 1 amide bonds. The number of anilines is 1. The maximum Gasteiger partial charge on any atom is 0.308 e. The molecule has 0 atom stereocenters. The molecule has 0 saturated heterocycles. The molecular formula is C19H13FIN3O6. The molecule has 2 aromatic carbocycles. The first-order valence-corrected chi connectivity index (χ1v) is 9.17. The van der Waals surface area contributed by atoms with Gasteiger partial charge in [0.25, 0.3) is 11.6 Å². The van der Waals surface area contributed by atoms with Crippen LogP contribution in [0.4, 0.5) is 15.8 Å². The van der Waals surface area contributed by atoms with Crippen LogP contribution in [-0.4, -0.2) is 23.9 Å². The summed E-state index contributed by atoms with van der Waals surface area (Å²) >= 11 is 1.89. The molecule has 0 fully saturated rings. The van der Waals surface area contributed by atoms with Gasteiger partial charge in [-0.05, 0) is 52.4 Å². The number of methoxy groups -OCH3 is 1. The number of ether oxygens (including phenoxy) is 2. The van der Waals surface area contributed by atoms with Crippen LogP contribution < -0.4 is 14.8 Å². The van der Waals surface area contributed by atoms with E-state index in [2.05, 4.69) is 5.32 Å². The Kier molecular flexibility index (Phi) is 7.43. The van der Waals surface area contributed by atoms with Gasteiger partial charge >= 0.3 is 5.97 Å². The van der Waals surface area contributed by atoms with Crippen LogP contribution in [0, 0.1) is 30.8 Å². The van der Waals surface area contributed by atoms with E-state index in [0.717, 1.165) is 18.2 Å². The molecule has 11 heteroatoms. The average molecular weight is 525 g/mol. The van der Waals surface area contributed by atoms with Gasteiger partial charge in [0.1, 0.15) is 17.5 Å². The number of nitrogens with one attached hydrogen (secondary N) is 1. The minimum absolute atomic E-state index is 0.185. The van der Waals surface area contributed by atoms with Crippen molar-refractivity contribution >= 4 is 51.9 Å². The van der Waals surface area contributed by atoms with Crippen molar-refractivity contribution in [1.82, 2.24) is 0 Å². The van der Waals surface area contributed by atoms with Crippen LogP contribution in [0.3, 0.4) is 0 Å². The zero-order chi connectivity index (χ0) is 22.4. The van der Waals surface area contributed by atoms with Gasteiger partial charge in [0.2, 0.25) is 0 Å². The number of benzene rings is 2. The number of nitrogens with zero attached hydrogens (tertiary/aromatic N) is 2. The quantitative estimate of drug-likeness (QED) is 0.115. The second-order valence-corrected chi connectivity index (χ2v) is 6.84. The van der Waals surface area contributed by atoms with Crippen molar-refractivity contribution < 1.29 is 28.4 Å². The molecule has 0 aliphatic heterocycles. The summed E-state index contributed by atoms with van der Waals surface area (Å²) in [5, 5.41) is 22.3. The van der Waals surface area contributed by atoms with Gasteiger partial charge in [-0.2, -0.15) is 5.26 Å². The Morgan fingerprint density at radius 2 is 2.03 bits per heavy atom. The molecule has 0 saturated carbocycles. The van der Waals surface area contributed by atoms with Crippen LogP contribution in [-0.2, 0) is 9.59 Å². The Hall–Kier alpha value is -3.53. The van der Waals surface area contributed by atoms with Gasteiger partial charge in [0.15, 0.2) is 11.5 Å². The Balaban J connectivity index is 2.38. The van der Waals surface area contributed by atoms with E-state index < -0.39 is 34.0 Å². The minimum atomic E-state index is -0.963. The third-order valence-electron chi connectivity index (χ3n) is 3.58. The van der Waals surface area contributed by atoms with Crippen molar-refractivity contribution in [3.05, 3.63) is 61.0 Å². The van der Waals surface area contributed by atoms with Crippen LogP contribution in [0.2, 0.25) is 0 Å². The molecule has 9 nitrogen and oxygen atoms in total. The Morgan fingerprint density at radius 3 is 2.60 bits per heavy atom. The third-order valence-corrected chi connectivity index (χ3v) is 4.38. The minimum Gasteiger partial charge on any atom is -0.493 e. The number of rotatable bonds is 6. The van der Waals surface area contributed by atoms with E-state index in [4.69, 9.17) is 9.47 Å². The summed E-state index contributed by atoms with van der Waals surface area (Å²) in [5.41, 5.74) is -0.875. The number of hydrogen-bond donors (Lipinski definition) is 1. The molecule has 2 rings (SSSR count). The number of esters is 1. The van der Waals surface area contributed by atoms with Gasteiger partial charge in [-0.1, -0.05) is 0 Å². The molecule has 0 unspecified atom stereocenters. The lowest BCUT2D eigenvalue weighted by atomic mass is 10.1. The second kappa shape index (κ2) is 9.79. The summed E-state index contributed by atoms with van der Waals surface area (Å²) in [7, 11) is 1.36. The van der Waals surface area contributed by atoms with Gasteiger partial charge in [0.05, 0.1) is 21.3 Å². The van der Waals surface area contributed by atoms with Crippen molar-refractivity contribution in [2.45, 2.75) is 6.92 Å². The number of nitriles is 1. The maximum atomic E-state index is 13.9. The highest BCUT2D eigenvalue weighted by Crippen LogP contribution is 2.34. The fraction of sp³-hybridized carbons (Fsp3) is 0.105. The smallest absolute Gasteiger partial charge is 0.308 e. The SMILES string of the molecule is COc1cc(/C=C(\C#N)C(=O)Nc2cc([N+](=O)[O-])ccc2F)cc(I)c1OC(C)=O. The van der Waals surface area contributed by atoms with Gasteiger partial charge in [-0.15, -0.1) is 0 Å². The highest BCUT2D eigenvalue weighted by molar-refractivity contribution is 14.1. The lowest BCUT2D eigenvalue weighted by Crippen LogP contribution is -2.14. The van der Waals surface area contributed by atoms with Crippen molar-refractivity contribution in [2.75, 3.05) is 12.4 Å². The monoisotopic (exact) mass is 525 g/mol. The maximum absolute atomic E-state index is 13.9. The van der Waals surface area contributed by atoms with Gasteiger partial charge in [-0.3, -0.25) is 19.7 Å². The van der Waals surface area contributed by atoms with E-state index in [9.17, 15) is 29.4 Å². The standard InChI is InChI=1S/C19H13FIN3O6/c1-10(25)30-18-15(21)6-11(7-17(18)29-2)5-12(9-22)19(26)23-16-8-13(24(27)28)3-4-14(16)20/h3-8H,1-2H3,(H,23,26)/b12-5+. The fourth-order valence-electron chi connectivity index (χ4n) is 2.29. The Labute approximate surface area is 183 Å². The zero-order valence-corrected chi connectivity index (χ0v) is 17.7. The topological polar surface area (TPSA) is 132 Å². The van der Waals surface area contributed by atoms with Crippen LogP contribution in [0.25, 0.3) is 6.08 Å².